The lowest BCUT2D eigenvalue weighted by Crippen LogP contribution is -2.45. The summed E-state index contributed by atoms with van der Waals surface area (Å²) < 4.78 is 0. The maximum absolute atomic E-state index is 4.42. The number of rotatable bonds is 5. The number of nitrogens with zero attached hydrogens (tertiary/aromatic N) is 2. The van der Waals surface area contributed by atoms with Gasteiger partial charge in [-0.05, 0) is 45.4 Å². The summed E-state index contributed by atoms with van der Waals surface area (Å²) in [7, 11) is 1.88. The number of hydrogen-bond donors (Lipinski definition) is 2. The van der Waals surface area contributed by atoms with Gasteiger partial charge in [-0.15, -0.1) is 24.0 Å². The molecule has 0 bridgehead atoms. The van der Waals surface area contributed by atoms with Crippen LogP contribution < -0.4 is 10.6 Å². The molecule has 5 heteroatoms. The average Bonchev–Trinajstić information content (AvgIpc) is 2.75. The minimum atomic E-state index is 0. The van der Waals surface area contributed by atoms with Gasteiger partial charge in [-0.1, -0.05) is 13.8 Å². The molecule has 126 valence electrons. The Labute approximate surface area is 148 Å². The second-order valence-electron chi connectivity index (χ2n) is 7.38. The number of aliphatic imine (C=N–C) groups is 1. The van der Waals surface area contributed by atoms with E-state index >= 15 is 0 Å². The second kappa shape index (κ2) is 9.87. The lowest BCUT2D eigenvalue weighted by atomic mass is 9.97. The molecule has 0 aromatic rings. The van der Waals surface area contributed by atoms with Crippen LogP contribution in [0.15, 0.2) is 4.99 Å². The first-order valence-corrected chi connectivity index (χ1v) is 8.02. The molecule has 1 unspecified atom stereocenters. The van der Waals surface area contributed by atoms with Crippen LogP contribution in [0.1, 0.15) is 47.5 Å². The fraction of sp³-hybridized carbons (Fsp3) is 0.938. The Morgan fingerprint density at radius 2 is 1.95 bits per heavy atom. The van der Waals surface area contributed by atoms with Crippen molar-refractivity contribution in [1.82, 2.24) is 15.5 Å². The van der Waals surface area contributed by atoms with Crippen molar-refractivity contribution in [3.63, 3.8) is 0 Å². The molecule has 21 heavy (non-hydrogen) atoms. The summed E-state index contributed by atoms with van der Waals surface area (Å²) in [5.41, 5.74) is 0.182. The molecule has 0 saturated carbocycles. The third-order valence-corrected chi connectivity index (χ3v) is 3.67. The molecule has 2 N–H and O–H groups in total. The normalized spacial score (nSPS) is 19.9. The van der Waals surface area contributed by atoms with Crippen LogP contribution >= 0.6 is 24.0 Å². The van der Waals surface area contributed by atoms with Gasteiger partial charge in [0.15, 0.2) is 5.96 Å². The average molecular weight is 410 g/mol. The van der Waals surface area contributed by atoms with Crippen molar-refractivity contribution in [1.29, 1.82) is 0 Å². The largest absolute Gasteiger partial charge is 0.355 e. The summed E-state index contributed by atoms with van der Waals surface area (Å²) in [6.45, 7) is 15.4. The molecule has 4 nitrogen and oxygen atoms in total. The Kier molecular flexibility index (Phi) is 9.85. The molecule has 1 atom stereocenters. The smallest absolute Gasteiger partial charge is 0.193 e. The maximum Gasteiger partial charge on any atom is 0.193 e. The fourth-order valence-electron chi connectivity index (χ4n) is 2.83. The van der Waals surface area contributed by atoms with Gasteiger partial charge in [0.1, 0.15) is 0 Å². The molecule has 1 heterocycles. The van der Waals surface area contributed by atoms with E-state index in [1.165, 1.54) is 12.8 Å². The van der Waals surface area contributed by atoms with Gasteiger partial charge in [0.2, 0.25) is 0 Å². The molecule has 1 rings (SSSR count). The van der Waals surface area contributed by atoms with Gasteiger partial charge in [-0.2, -0.15) is 0 Å². The van der Waals surface area contributed by atoms with Crippen molar-refractivity contribution in [3.05, 3.63) is 0 Å². The van der Waals surface area contributed by atoms with Gasteiger partial charge in [0.05, 0.1) is 0 Å². The Bertz CT molecular complexity index is 310. The van der Waals surface area contributed by atoms with Crippen molar-refractivity contribution >= 4 is 29.9 Å². The zero-order valence-corrected chi connectivity index (χ0v) is 17.0. The molecular formula is C16H35IN4. The molecule has 0 aromatic carbocycles. The first kappa shape index (κ1) is 21.0. The Morgan fingerprint density at radius 3 is 2.48 bits per heavy atom. The number of guanidine groups is 1. The number of likely N-dealkylation sites (tertiary alicyclic amines) is 1. The SMILES string of the molecule is CN=C(NCCNC(C)(C)C)N1CCC(CC(C)C)C1.I. The van der Waals surface area contributed by atoms with E-state index in [2.05, 4.69) is 55.1 Å². The van der Waals surface area contributed by atoms with Crippen LogP contribution in [0.2, 0.25) is 0 Å². The molecule has 0 spiro atoms. The number of hydrogen-bond acceptors (Lipinski definition) is 2. The first-order chi connectivity index (χ1) is 9.31. The molecule has 1 fully saturated rings. The third kappa shape index (κ3) is 8.86. The van der Waals surface area contributed by atoms with Gasteiger partial charge >= 0.3 is 0 Å². The third-order valence-electron chi connectivity index (χ3n) is 3.67. The van der Waals surface area contributed by atoms with Crippen molar-refractivity contribution in [2.75, 3.05) is 33.2 Å². The summed E-state index contributed by atoms with van der Waals surface area (Å²) in [6.07, 6.45) is 2.64. The summed E-state index contributed by atoms with van der Waals surface area (Å²) in [5.74, 6) is 2.69. The van der Waals surface area contributed by atoms with Crippen molar-refractivity contribution < 1.29 is 0 Å². The molecule has 1 saturated heterocycles. The minimum Gasteiger partial charge on any atom is -0.355 e. The predicted octanol–water partition coefficient (Wildman–Crippen LogP) is 2.94. The van der Waals surface area contributed by atoms with E-state index in [-0.39, 0.29) is 29.5 Å². The monoisotopic (exact) mass is 410 g/mol. The Morgan fingerprint density at radius 1 is 1.29 bits per heavy atom. The summed E-state index contributed by atoms with van der Waals surface area (Å²) >= 11 is 0. The molecular weight excluding hydrogens is 375 g/mol. The summed E-state index contributed by atoms with van der Waals surface area (Å²) in [6, 6.07) is 0. The quantitative estimate of drug-likeness (QED) is 0.317. The van der Waals surface area contributed by atoms with E-state index in [4.69, 9.17) is 0 Å². The minimum absolute atomic E-state index is 0. The van der Waals surface area contributed by atoms with Gasteiger partial charge in [0, 0.05) is 38.8 Å². The van der Waals surface area contributed by atoms with Gasteiger partial charge in [0.25, 0.3) is 0 Å². The van der Waals surface area contributed by atoms with Gasteiger partial charge in [-0.25, -0.2) is 0 Å². The van der Waals surface area contributed by atoms with Crippen LogP contribution in [-0.2, 0) is 0 Å². The number of halogens is 1. The molecule has 1 aliphatic heterocycles. The highest BCUT2D eigenvalue weighted by molar-refractivity contribution is 14.0. The van der Waals surface area contributed by atoms with Crippen molar-refractivity contribution in [3.8, 4) is 0 Å². The lowest BCUT2D eigenvalue weighted by Gasteiger charge is -2.24. The van der Waals surface area contributed by atoms with Crippen LogP contribution in [0.3, 0.4) is 0 Å². The van der Waals surface area contributed by atoms with Crippen LogP contribution in [0.5, 0.6) is 0 Å². The Hall–Kier alpha value is -0.0400. The molecule has 0 aliphatic carbocycles. The zero-order valence-electron chi connectivity index (χ0n) is 14.7. The van der Waals surface area contributed by atoms with Crippen LogP contribution in [0, 0.1) is 11.8 Å². The molecule has 0 amide bonds. The van der Waals surface area contributed by atoms with Crippen LogP contribution in [0.25, 0.3) is 0 Å². The standard InChI is InChI=1S/C16H34N4.HI/c1-13(2)11-14-7-10-20(12-14)15(17-6)18-8-9-19-16(3,4)5;/h13-14,19H,7-12H2,1-6H3,(H,17,18);1H. The Balaban J connectivity index is 0.00000400. The predicted molar refractivity (Wildman–Crippen MR) is 104 cm³/mol. The van der Waals surface area contributed by atoms with E-state index in [0.29, 0.717) is 0 Å². The van der Waals surface area contributed by atoms with Gasteiger partial charge in [-0.3, -0.25) is 4.99 Å². The van der Waals surface area contributed by atoms with Crippen molar-refractivity contribution in [2.45, 2.75) is 53.0 Å². The molecule has 0 radical (unpaired) electrons. The second-order valence-corrected chi connectivity index (χ2v) is 7.38. The molecule has 0 aromatic heterocycles. The highest BCUT2D eigenvalue weighted by atomic mass is 127. The van der Waals surface area contributed by atoms with E-state index in [9.17, 15) is 0 Å². The molecule has 1 aliphatic rings. The first-order valence-electron chi connectivity index (χ1n) is 8.02. The fourth-order valence-corrected chi connectivity index (χ4v) is 2.83. The lowest BCUT2D eigenvalue weighted by molar-refractivity contribution is 0.400. The van der Waals surface area contributed by atoms with E-state index < -0.39 is 0 Å². The topological polar surface area (TPSA) is 39.7 Å². The summed E-state index contributed by atoms with van der Waals surface area (Å²) in [4.78, 5) is 6.83. The van der Waals surface area contributed by atoms with E-state index in [1.54, 1.807) is 0 Å². The van der Waals surface area contributed by atoms with E-state index in [1.807, 2.05) is 7.05 Å². The summed E-state index contributed by atoms with van der Waals surface area (Å²) in [5, 5.41) is 6.96. The maximum atomic E-state index is 4.42. The highest BCUT2D eigenvalue weighted by Crippen LogP contribution is 2.23. The number of nitrogens with one attached hydrogen (secondary N) is 2. The van der Waals surface area contributed by atoms with Gasteiger partial charge < -0.3 is 15.5 Å². The van der Waals surface area contributed by atoms with Crippen LogP contribution in [-0.4, -0.2) is 49.6 Å². The highest BCUT2D eigenvalue weighted by Gasteiger charge is 2.25. The zero-order chi connectivity index (χ0) is 15.2. The van der Waals surface area contributed by atoms with Crippen LogP contribution in [0.4, 0.5) is 0 Å². The van der Waals surface area contributed by atoms with E-state index in [0.717, 1.165) is 44.0 Å². The van der Waals surface area contributed by atoms with Crippen molar-refractivity contribution in [2.24, 2.45) is 16.8 Å².